The molecule has 4 saturated carbocycles. The standard InChI is InChI=1S/C16H27NO/c1-2-12(10-17-3-1)11-18-16-7-13-4-14(8-16)6-15(5-13)9-16/h12-15,17H,1-11H2/t12-,13?,14?,15?,16?/m1/s1. The fraction of sp³-hybridized carbons (Fsp3) is 1.00. The SMILES string of the molecule is C1CNC[C@H](COC23CC4CC(CC(C4)C2)C3)C1. The molecule has 1 aliphatic heterocycles. The van der Waals surface area contributed by atoms with Crippen LogP contribution in [0.2, 0.25) is 0 Å². The lowest BCUT2D eigenvalue weighted by atomic mass is 9.54. The van der Waals surface area contributed by atoms with Gasteiger partial charge in [-0.25, -0.2) is 0 Å². The smallest absolute Gasteiger partial charge is 0.0690 e. The van der Waals surface area contributed by atoms with Crippen LogP contribution in [0.1, 0.15) is 51.4 Å². The van der Waals surface area contributed by atoms with Crippen molar-refractivity contribution in [1.29, 1.82) is 0 Å². The zero-order valence-electron chi connectivity index (χ0n) is 11.5. The summed E-state index contributed by atoms with van der Waals surface area (Å²) in [5.74, 6) is 3.83. The van der Waals surface area contributed by atoms with Crippen molar-refractivity contribution in [3.05, 3.63) is 0 Å². The van der Waals surface area contributed by atoms with Gasteiger partial charge in [0.25, 0.3) is 0 Å². The molecule has 4 bridgehead atoms. The van der Waals surface area contributed by atoms with E-state index >= 15 is 0 Å². The van der Waals surface area contributed by atoms with E-state index in [2.05, 4.69) is 5.32 Å². The highest BCUT2D eigenvalue weighted by atomic mass is 16.5. The summed E-state index contributed by atoms with van der Waals surface area (Å²) in [6, 6.07) is 0. The molecule has 1 saturated heterocycles. The van der Waals surface area contributed by atoms with Crippen molar-refractivity contribution < 1.29 is 4.74 Å². The third-order valence-corrected chi connectivity index (χ3v) is 6.01. The van der Waals surface area contributed by atoms with Crippen LogP contribution in [0.3, 0.4) is 0 Å². The van der Waals surface area contributed by atoms with Crippen LogP contribution in [0.4, 0.5) is 0 Å². The highest BCUT2D eigenvalue weighted by molar-refractivity contribution is 5.03. The van der Waals surface area contributed by atoms with Crippen LogP contribution < -0.4 is 5.32 Å². The van der Waals surface area contributed by atoms with E-state index in [0.717, 1.165) is 30.3 Å². The molecule has 1 N–H and O–H groups in total. The molecule has 1 heterocycles. The van der Waals surface area contributed by atoms with Crippen LogP contribution in [-0.2, 0) is 4.74 Å². The van der Waals surface area contributed by atoms with E-state index in [9.17, 15) is 0 Å². The summed E-state index contributed by atoms with van der Waals surface area (Å²) in [6.07, 6.45) is 11.4. The average Bonchev–Trinajstić information content (AvgIpc) is 2.36. The van der Waals surface area contributed by atoms with Gasteiger partial charge in [-0.2, -0.15) is 0 Å². The van der Waals surface area contributed by atoms with E-state index in [-0.39, 0.29) is 0 Å². The molecule has 0 aromatic rings. The summed E-state index contributed by atoms with van der Waals surface area (Å²) in [6.45, 7) is 3.43. The minimum atomic E-state index is 0.326. The van der Waals surface area contributed by atoms with Crippen LogP contribution in [-0.4, -0.2) is 25.3 Å². The Bertz CT molecular complexity index is 273. The minimum absolute atomic E-state index is 0.326. The fourth-order valence-electron chi connectivity index (χ4n) is 5.57. The Kier molecular flexibility index (Phi) is 2.92. The van der Waals surface area contributed by atoms with E-state index in [4.69, 9.17) is 4.74 Å². The first-order valence-corrected chi connectivity index (χ1v) is 8.16. The molecule has 5 fully saturated rings. The molecule has 0 aromatic carbocycles. The molecule has 0 unspecified atom stereocenters. The van der Waals surface area contributed by atoms with Gasteiger partial charge in [-0.1, -0.05) is 0 Å². The van der Waals surface area contributed by atoms with Crippen molar-refractivity contribution in [2.45, 2.75) is 57.0 Å². The van der Waals surface area contributed by atoms with Gasteiger partial charge < -0.3 is 10.1 Å². The van der Waals surface area contributed by atoms with E-state index < -0.39 is 0 Å². The van der Waals surface area contributed by atoms with Crippen LogP contribution in [0, 0.1) is 23.7 Å². The lowest BCUT2D eigenvalue weighted by Gasteiger charge is -2.56. The van der Waals surface area contributed by atoms with Crippen molar-refractivity contribution in [2.75, 3.05) is 19.7 Å². The molecule has 1 atom stereocenters. The van der Waals surface area contributed by atoms with Crippen molar-refractivity contribution in [2.24, 2.45) is 23.7 Å². The molecule has 5 aliphatic rings. The maximum atomic E-state index is 6.54. The number of piperidine rings is 1. The Labute approximate surface area is 111 Å². The molecule has 102 valence electrons. The van der Waals surface area contributed by atoms with Gasteiger partial charge >= 0.3 is 0 Å². The number of rotatable bonds is 3. The van der Waals surface area contributed by atoms with E-state index in [0.29, 0.717) is 5.60 Å². The van der Waals surface area contributed by atoms with Crippen molar-refractivity contribution >= 4 is 0 Å². The second kappa shape index (κ2) is 4.49. The molecule has 5 rings (SSSR count). The third kappa shape index (κ3) is 2.12. The monoisotopic (exact) mass is 249 g/mol. The summed E-state index contributed by atoms with van der Waals surface area (Å²) in [5, 5.41) is 3.51. The van der Waals surface area contributed by atoms with E-state index in [1.54, 1.807) is 0 Å². The highest BCUT2D eigenvalue weighted by Crippen LogP contribution is 2.57. The maximum absolute atomic E-state index is 6.54. The molecule has 0 amide bonds. The van der Waals surface area contributed by atoms with Gasteiger partial charge in [-0.15, -0.1) is 0 Å². The van der Waals surface area contributed by atoms with Gasteiger partial charge in [0.15, 0.2) is 0 Å². The molecule has 0 radical (unpaired) electrons. The molecular weight excluding hydrogens is 222 g/mol. The molecule has 0 spiro atoms. The van der Waals surface area contributed by atoms with Gasteiger partial charge in [-0.05, 0) is 81.6 Å². The highest BCUT2D eigenvalue weighted by Gasteiger charge is 2.51. The van der Waals surface area contributed by atoms with Crippen molar-refractivity contribution in [1.82, 2.24) is 5.32 Å². The molecule has 0 aromatic heterocycles. The zero-order chi connectivity index (χ0) is 12.0. The van der Waals surface area contributed by atoms with Crippen molar-refractivity contribution in [3.63, 3.8) is 0 Å². The van der Waals surface area contributed by atoms with Crippen LogP contribution in [0.5, 0.6) is 0 Å². The third-order valence-electron chi connectivity index (χ3n) is 6.01. The predicted molar refractivity (Wildman–Crippen MR) is 72.4 cm³/mol. The lowest BCUT2D eigenvalue weighted by Crippen LogP contribution is -2.52. The average molecular weight is 249 g/mol. The summed E-state index contributed by atoms with van der Waals surface area (Å²) in [7, 11) is 0. The van der Waals surface area contributed by atoms with Crippen LogP contribution >= 0.6 is 0 Å². The van der Waals surface area contributed by atoms with Gasteiger partial charge in [0.2, 0.25) is 0 Å². The summed E-state index contributed by atoms with van der Waals surface area (Å²) in [4.78, 5) is 0. The van der Waals surface area contributed by atoms with Gasteiger partial charge in [0.05, 0.1) is 12.2 Å². The van der Waals surface area contributed by atoms with E-state index in [1.807, 2.05) is 0 Å². The Morgan fingerprint density at radius 3 is 2.22 bits per heavy atom. The summed E-state index contributed by atoms with van der Waals surface area (Å²) >= 11 is 0. The van der Waals surface area contributed by atoms with Gasteiger partial charge in [0, 0.05) is 6.54 Å². The zero-order valence-corrected chi connectivity index (χ0v) is 11.5. The topological polar surface area (TPSA) is 21.3 Å². The van der Waals surface area contributed by atoms with Crippen molar-refractivity contribution in [3.8, 4) is 0 Å². The second-order valence-corrected chi connectivity index (χ2v) is 7.62. The first-order chi connectivity index (χ1) is 8.81. The van der Waals surface area contributed by atoms with Crippen LogP contribution in [0.25, 0.3) is 0 Å². The normalized spacial score (nSPS) is 50.7. The fourth-order valence-corrected chi connectivity index (χ4v) is 5.57. The molecule has 2 nitrogen and oxygen atoms in total. The molecule has 2 heteroatoms. The van der Waals surface area contributed by atoms with Crippen LogP contribution in [0.15, 0.2) is 0 Å². The van der Waals surface area contributed by atoms with E-state index in [1.165, 1.54) is 64.5 Å². The molecule has 18 heavy (non-hydrogen) atoms. The first kappa shape index (κ1) is 11.7. The summed E-state index contributed by atoms with van der Waals surface area (Å²) in [5.41, 5.74) is 0.326. The Balaban J connectivity index is 1.38. The quantitative estimate of drug-likeness (QED) is 0.830. The van der Waals surface area contributed by atoms with Gasteiger partial charge in [0.1, 0.15) is 0 Å². The number of hydrogen-bond donors (Lipinski definition) is 1. The number of ether oxygens (including phenoxy) is 1. The second-order valence-electron chi connectivity index (χ2n) is 7.62. The maximum Gasteiger partial charge on any atom is 0.0690 e. The Hall–Kier alpha value is -0.0800. The predicted octanol–water partition coefficient (Wildman–Crippen LogP) is 2.97. The molecular formula is C16H27NO. The first-order valence-electron chi connectivity index (χ1n) is 8.16. The number of hydrogen-bond acceptors (Lipinski definition) is 2. The number of nitrogens with one attached hydrogen (secondary N) is 1. The molecule has 4 aliphatic carbocycles. The summed E-state index contributed by atoms with van der Waals surface area (Å²) < 4.78 is 6.54. The minimum Gasteiger partial charge on any atom is -0.375 e. The largest absolute Gasteiger partial charge is 0.375 e. The Morgan fingerprint density at radius 2 is 1.67 bits per heavy atom. The lowest BCUT2D eigenvalue weighted by molar-refractivity contribution is -0.169. The Morgan fingerprint density at radius 1 is 1.00 bits per heavy atom. The van der Waals surface area contributed by atoms with Gasteiger partial charge in [-0.3, -0.25) is 0 Å².